The highest BCUT2D eigenvalue weighted by Crippen LogP contribution is 2.37. The minimum atomic E-state index is 0.811. The third-order valence-corrected chi connectivity index (χ3v) is 6.48. The van der Waals surface area contributed by atoms with E-state index in [9.17, 15) is 0 Å². The van der Waals surface area contributed by atoms with Crippen LogP contribution in [0.2, 0.25) is 0 Å². The van der Waals surface area contributed by atoms with Gasteiger partial charge in [-0.05, 0) is 31.2 Å². The normalized spacial score (nSPS) is 18.7. The number of hydrogen-bond donors (Lipinski definition) is 2. The average Bonchev–Trinajstić information content (AvgIpc) is 3.26. The zero-order valence-electron chi connectivity index (χ0n) is 14.3. The molecule has 3 aromatic rings. The number of ether oxygens (including phenoxy) is 1. The van der Waals surface area contributed by atoms with Crippen molar-refractivity contribution in [1.82, 2.24) is 19.6 Å². The van der Waals surface area contributed by atoms with Crippen LogP contribution in [-0.4, -0.2) is 59.0 Å². The summed E-state index contributed by atoms with van der Waals surface area (Å²) in [4.78, 5) is 13.6. The Bertz CT molecular complexity index is 897. The largest absolute Gasteiger partial charge is 0.370 e. The summed E-state index contributed by atoms with van der Waals surface area (Å²) in [6.45, 7) is 5.87. The SMILES string of the molecule is c1nc2c3c4c(sc3nc(NCC[NH+]3CCOCC3)n2n1)CCCC4. The highest BCUT2D eigenvalue weighted by Gasteiger charge is 2.22. The van der Waals surface area contributed by atoms with Crippen molar-refractivity contribution in [3.8, 4) is 0 Å². The van der Waals surface area contributed by atoms with Crippen LogP contribution in [0.1, 0.15) is 23.3 Å². The van der Waals surface area contributed by atoms with Crippen LogP contribution in [-0.2, 0) is 17.6 Å². The molecule has 0 aromatic carbocycles. The Hall–Kier alpha value is -1.77. The Morgan fingerprint density at radius 2 is 2.12 bits per heavy atom. The van der Waals surface area contributed by atoms with Crippen molar-refractivity contribution in [2.75, 3.05) is 44.7 Å². The van der Waals surface area contributed by atoms with Crippen molar-refractivity contribution < 1.29 is 9.64 Å². The molecule has 1 saturated heterocycles. The standard InChI is InChI=1S/C17H22N6OS/c1-2-4-13-12(3-1)14-15-19-11-20-23(15)17(21-16(14)25-13)18-5-6-22-7-9-24-10-8-22/h11H,1-10H2,(H,18,21)/p+1. The fourth-order valence-electron chi connectivity index (χ4n) is 3.95. The number of nitrogens with zero attached hydrogens (tertiary/aromatic N) is 4. The van der Waals surface area contributed by atoms with E-state index in [-0.39, 0.29) is 0 Å². The second kappa shape index (κ2) is 6.51. The lowest BCUT2D eigenvalue weighted by atomic mass is 9.97. The molecule has 0 unspecified atom stereocenters. The summed E-state index contributed by atoms with van der Waals surface area (Å²) < 4.78 is 7.30. The van der Waals surface area contributed by atoms with Crippen molar-refractivity contribution >= 4 is 33.1 Å². The van der Waals surface area contributed by atoms with Crippen LogP contribution in [0.3, 0.4) is 0 Å². The molecule has 7 nitrogen and oxygen atoms in total. The van der Waals surface area contributed by atoms with Gasteiger partial charge in [0.15, 0.2) is 5.65 Å². The number of nitrogens with one attached hydrogen (secondary N) is 2. The zero-order valence-corrected chi connectivity index (χ0v) is 15.1. The molecule has 0 bridgehead atoms. The van der Waals surface area contributed by atoms with Crippen LogP contribution in [0.5, 0.6) is 0 Å². The maximum atomic E-state index is 5.42. The van der Waals surface area contributed by atoms with Gasteiger partial charge in [-0.3, -0.25) is 0 Å². The fourth-order valence-corrected chi connectivity index (χ4v) is 5.20. The van der Waals surface area contributed by atoms with E-state index in [1.54, 1.807) is 11.2 Å². The molecular weight excluding hydrogens is 336 g/mol. The van der Waals surface area contributed by atoms with E-state index in [2.05, 4.69) is 15.4 Å². The van der Waals surface area contributed by atoms with Crippen LogP contribution in [0.4, 0.5) is 5.95 Å². The molecule has 4 heterocycles. The van der Waals surface area contributed by atoms with Gasteiger partial charge in [0.05, 0.1) is 31.7 Å². The second-order valence-electron chi connectivity index (χ2n) is 6.86. The smallest absolute Gasteiger partial charge is 0.227 e. The third-order valence-electron chi connectivity index (χ3n) is 5.29. The molecule has 0 saturated carbocycles. The summed E-state index contributed by atoms with van der Waals surface area (Å²) in [5.41, 5.74) is 2.41. The van der Waals surface area contributed by atoms with Crippen molar-refractivity contribution in [2.24, 2.45) is 0 Å². The minimum Gasteiger partial charge on any atom is -0.370 e. The second-order valence-corrected chi connectivity index (χ2v) is 7.94. The molecule has 132 valence electrons. The lowest BCUT2D eigenvalue weighted by Crippen LogP contribution is -3.14. The number of morpholine rings is 1. The van der Waals surface area contributed by atoms with Crippen molar-refractivity contribution in [3.63, 3.8) is 0 Å². The molecule has 5 rings (SSSR count). The molecule has 1 aliphatic carbocycles. The van der Waals surface area contributed by atoms with Gasteiger partial charge in [0.2, 0.25) is 5.95 Å². The van der Waals surface area contributed by atoms with Gasteiger partial charge in [0, 0.05) is 4.88 Å². The summed E-state index contributed by atoms with van der Waals surface area (Å²) >= 11 is 1.84. The summed E-state index contributed by atoms with van der Waals surface area (Å²) in [6.07, 6.45) is 6.52. The van der Waals surface area contributed by atoms with Crippen LogP contribution in [0.25, 0.3) is 15.9 Å². The Kier molecular flexibility index (Phi) is 4.03. The van der Waals surface area contributed by atoms with E-state index < -0.39 is 0 Å². The number of rotatable bonds is 4. The number of hydrogen-bond acceptors (Lipinski definition) is 6. The maximum Gasteiger partial charge on any atom is 0.227 e. The van der Waals surface area contributed by atoms with Gasteiger partial charge in [0.1, 0.15) is 24.2 Å². The van der Waals surface area contributed by atoms with E-state index >= 15 is 0 Å². The molecule has 8 heteroatoms. The number of aryl methyl sites for hydroxylation is 2. The molecule has 25 heavy (non-hydrogen) atoms. The summed E-state index contributed by atoms with van der Waals surface area (Å²) in [5, 5.41) is 9.13. The highest BCUT2D eigenvalue weighted by atomic mass is 32.1. The van der Waals surface area contributed by atoms with Gasteiger partial charge in [-0.2, -0.15) is 9.61 Å². The molecule has 1 aliphatic heterocycles. The third kappa shape index (κ3) is 2.78. The number of fused-ring (bicyclic) bond motifs is 5. The quantitative estimate of drug-likeness (QED) is 0.712. The van der Waals surface area contributed by atoms with Gasteiger partial charge < -0.3 is 15.0 Å². The lowest BCUT2D eigenvalue weighted by molar-refractivity contribution is -0.906. The average molecular weight is 359 g/mol. The zero-order chi connectivity index (χ0) is 16.6. The lowest BCUT2D eigenvalue weighted by Gasteiger charge is -2.23. The Morgan fingerprint density at radius 1 is 1.24 bits per heavy atom. The molecule has 2 N–H and O–H groups in total. The fraction of sp³-hybridized carbons (Fsp3) is 0.588. The first-order valence-corrected chi connectivity index (χ1v) is 10.0. The van der Waals surface area contributed by atoms with Crippen LogP contribution >= 0.6 is 11.3 Å². The van der Waals surface area contributed by atoms with Crippen LogP contribution in [0.15, 0.2) is 6.33 Å². The molecule has 0 amide bonds. The van der Waals surface area contributed by atoms with E-state index in [0.29, 0.717) is 0 Å². The minimum absolute atomic E-state index is 0.811. The Morgan fingerprint density at radius 3 is 3.04 bits per heavy atom. The van der Waals surface area contributed by atoms with Crippen molar-refractivity contribution in [3.05, 3.63) is 16.8 Å². The van der Waals surface area contributed by atoms with Crippen molar-refractivity contribution in [2.45, 2.75) is 25.7 Å². The molecule has 3 aromatic heterocycles. The number of quaternary nitrogens is 1. The first-order chi connectivity index (χ1) is 12.4. The van der Waals surface area contributed by atoms with Gasteiger partial charge >= 0.3 is 0 Å². The first-order valence-electron chi connectivity index (χ1n) is 9.19. The van der Waals surface area contributed by atoms with E-state index in [1.807, 2.05) is 15.9 Å². The Balaban J connectivity index is 1.44. The Labute approximate surface area is 150 Å². The van der Waals surface area contributed by atoms with Crippen molar-refractivity contribution in [1.29, 1.82) is 0 Å². The predicted octanol–water partition coefficient (Wildman–Crippen LogP) is 0.545. The van der Waals surface area contributed by atoms with Gasteiger partial charge in [-0.1, -0.05) is 0 Å². The molecule has 0 atom stereocenters. The van der Waals surface area contributed by atoms with Gasteiger partial charge in [-0.25, -0.2) is 9.97 Å². The van der Waals surface area contributed by atoms with E-state index in [1.165, 1.54) is 35.1 Å². The topological polar surface area (TPSA) is 68.8 Å². The van der Waals surface area contributed by atoms with E-state index in [4.69, 9.17) is 9.72 Å². The monoisotopic (exact) mass is 359 g/mol. The molecule has 2 aliphatic rings. The summed E-state index contributed by atoms with van der Waals surface area (Å²) in [6, 6.07) is 0. The van der Waals surface area contributed by atoms with E-state index in [0.717, 1.165) is 62.2 Å². The maximum absolute atomic E-state index is 5.42. The summed E-state index contributed by atoms with van der Waals surface area (Å²) in [7, 11) is 0. The number of thiophene rings is 1. The molecule has 1 fully saturated rings. The highest BCUT2D eigenvalue weighted by molar-refractivity contribution is 7.19. The van der Waals surface area contributed by atoms with Gasteiger partial charge in [0.25, 0.3) is 0 Å². The molecule has 0 spiro atoms. The first kappa shape index (κ1) is 15.5. The van der Waals surface area contributed by atoms with Gasteiger partial charge in [-0.15, -0.1) is 11.3 Å². The van der Waals surface area contributed by atoms with Crippen LogP contribution < -0.4 is 10.2 Å². The predicted molar refractivity (Wildman–Crippen MR) is 97.7 cm³/mol. The summed E-state index contributed by atoms with van der Waals surface area (Å²) in [5.74, 6) is 0.811. The van der Waals surface area contributed by atoms with Crippen LogP contribution in [0, 0.1) is 0 Å². The molecular formula is C17H23N6OS+. The number of aromatic nitrogens is 4. The number of anilines is 1. The molecule has 0 radical (unpaired) electrons.